The number of carboxylic acids is 1. The van der Waals surface area contributed by atoms with Crippen LogP contribution in [0.1, 0.15) is 11.5 Å². The standard InChI is InChI=1S/C20H14N2O6S/c23-12-5-3-4-11(8-12)22-19(27)16(29-20(22)28)9-14-13-6-1-2-7-15(13)21(18(14)26)10-17(24)25/h1-9,14,23H,10H2,(H,24,25)/b16-9-/t14-/m0/s1. The van der Waals surface area contributed by atoms with Crippen molar-refractivity contribution in [1.29, 1.82) is 0 Å². The first-order valence-corrected chi connectivity index (χ1v) is 9.37. The van der Waals surface area contributed by atoms with Crippen molar-refractivity contribution in [1.82, 2.24) is 0 Å². The molecule has 3 amide bonds. The van der Waals surface area contributed by atoms with Gasteiger partial charge >= 0.3 is 5.97 Å². The Balaban J connectivity index is 1.69. The molecule has 9 heteroatoms. The molecule has 2 aliphatic rings. The molecule has 0 spiro atoms. The molecule has 2 N–H and O–H groups in total. The van der Waals surface area contributed by atoms with Gasteiger partial charge in [-0.05, 0) is 41.6 Å². The predicted octanol–water partition coefficient (Wildman–Crippen LogP) is 2.69. The van der Waals surface area contributed by atoms with Crippen molar-refractivity contribution in [3.63, 3.8) is 0 Å². The molecular weight excluding hydrogens is 396 g/mol. The molecule has 29 heavy (non-hydrogen) atoms. The maximum atomic E-state index is 12.8. The van der Waals surface area contributed by atoms with Crippen molar-refractivity contribution in [2.45, 2.75) is 5.92 Å². The number of anilines is 2. The molecule has 2 aliphatic heterocycles. The third-order valence-corrected chi connectivity index (χ3v) is 5.48. The summed E-state index contributed by atoms with van der Waals surface area (Å²) < 4.78 is 0. The minimum Gasteiger partial charge on any atom is -0.508 e. The van der Waals surface area contributed by atoms with E-state index in [4.69, 9.17) is 5.11 Å². The molecule has 1 atom stereocenters. The van der Waals surface area contributed by atoms with Gasteiger partial charge < -0.3 is 15.1 Å². The van der Waals surface area contributed by atoms with Crippen LogP contribution < -0.4 is 9.80 Å². The lowest BCUT2D eigenvalue weighted by atomic mass is 10.00. The van der Waals surface area contributed by atoms with Crippen LogP contribution in [0.3, 0.4) is 0 Å². The van der Waals surface area contributed by atoms with Gasteiger partial charge in [0.25, 0.3) is 11.1 Å². The first-order valence-electron chi connectivity index (χ1n) is 8.56. The maximum Gasteiger partial charge on any atom is 0.323 e. The van der Waals surface area contributed by atoms with Gasteiger partial charge in [-0.1, -0.05) is 24.3 Å². The summed E-state index contributed by atoms with van der Waals surface area (Å²) in [6, 6.07) is 12.5. The third kappa shape index (κ3) is 3.25. The number of fused-ring (bicyclic) bond motifs is 1. The normalized spacial score (nSPS) is 19.9. The molecule has 0 bridgehead atoms. The number of carboxylic acid groups (broad SMARTS) is 1. The van der Waals surface area contributed by atoms with Gasteiger partial charge in [0.2, 0.25) is 5.91 Å². The lowest BCUT2D eigenvalue weighted by Gasteiger charge is -2.14. The SMILES string of the molecule is O=C(O)CN1C(=O)[C@@H](/C=C2\SC(=O)N(c3cccc(O)c3)C2=O)c2ccccc21. The Hall–Kier alpha value is -3.59. The van der Waals surface area contributed by atoms with E-state index in [9.17, 15) is 24.3 Å². The number of rotatable bonds is 4. The molecular formula is C20H14N2O6S. The molecule has 1 saturated heterocycles. The maximum absolute atomic E-state index is 12.8. The second-order valence-electron chi connectivity index (χ2n) is 6.41. The van der Waals surface area contributed by atoms with Gasteiger partial charge in [0.1, 0.15) is 12.3 Å². The number of hydrogen-bond acceptors (Lipinski definition) is 6. The van der Waals surface area contributed by atoms with Gasteiger partial charge in [-0.3, -0.25) is 19.2 Å². The van der Waals surface area contributed by atoms with E-state index in [1.165, 1.54) is 30.3 Å². The molecule has 2 aromatic rings. The molecule has 0 unspecified atom stereocenters. The number of imide groups is 1. The Morgan fingerprint density at radius 2 is 1.86 bits per heavy atom. The number of nitrogens with zero attached hydrogens (tertiary/aromatic N) is 2. The fourth-order valence-corrected chi connectivity index (χ4v) is 4.21. The Kier molecular flexibility index (Phi) is 4.59. The largest absolute Gasteiger partial charge is 0.508 e. The van der Waals surface area contributed by atoms with Crippen molar-refractivity contribution < 1.29 is 29.4 Å². The van der Waals surface area contributed by atoms with Crippen molar-refractivity contribution in [2.24, 2.45) is 0 Å². The summed E-state index contributed by atoms with van der Waals surface area (Å²) >= 11 is 0.691. The number of para-hydroxylation sites is 1. The topological polar surface area (TPSA) is 115 Å². The van der Waals surface area contributed by atoms with Crippen LogP contribution in [0.25, 0.3) is 0 Å². The quantitative estimate of drug-likeness (QED) is 0.745. The number of phenolic OH excluding ortho intramolecular Hbond substituents is 1. The Labute approximate surface area is 169 Å². The highest BCUT2D eigenvalue weighted by Gasteiger charge is 2.41. The van der Waals surface area contributed by atoms with E-state index in [0.717, 1.165) is 9.80 Å². The summed E-state index contributed by atoms with van der Waals surface area (Å²) in [7, 11) is 0. The fourth-order valence-electron chi connectivity index (χ4n) is 3.36. The van der Waals surface area contributed by atoms with E-state index in [-0.39, 0.29) is 16.3 Å². The van der Waals surface area contributed by atoms with Crippen molar-refractivity contribution in [3.05, 3.63) is 65.1 Å². The Morgan fingerprint density at radius 3 is 2.59 bits per heavy atom. The number of amides is 3. The van der Waals surface area contributed by atoms with Crippen LogP contribution in [0.5, 0.6) is 5.75 Å². The molecule has 146 valence electrons. The highest BCUT2D eigenvalue weighted by atomic mass is 32.2. The molecule has 1 fully saturated rings. The summed E-state index contributed by atoms with van der Waals surface area (Å²) in [5.74, 6) is -3.19. The Bertz CT molecular complexity index is 1100. The van der Waals surface area contributed by atoms with Gasteiger partial charge in [0.15, 0.2) is 0 Å². The smallest absolute Gasteiger partial charge is 0.323 e. The molecule has 0 radical (unpaired) electrons. The van der Waals surface area contributed by atoms with Crippen LogP contribution in [0.4, 0.5) is 16.2 Å². The number of thioether (sulfide) groups is 1. The van der Waals surface area contributed by atoms with Crippen LogP contribution in [0, 0.1) is 0 Å². The van der Waals surface area contributed by atoms with Gasteiger partial charge in [0.05, 0.1) is 16.5 Å². The van der Waals surface area contributed by atoms with E-state index in [2.05, 4.69) is 0 Å². The minimum atomic E-state index is -1.15. The molecule has 4 rings (SSSR count). The summed E-state index contributed by atoms with van der Waals surface area (Å²) in [4.78, 5) is 51.3. The summed E-state index contributed by atoms with van der Waals surface area (Å²) in [5.41, 5.74) is 1.26. The number of hydrogen-bond donors (Lipinski definition) is 2. The van der Waals surface area contributed by atoms with Crippen LogP contribution in [0.2, 0.25) is 0 Å². The molecule has 0 aliphatic carbocycles. The first-order chi connectivity index (χ1) is 13.9. The van der Waals surface area contributed by atoms with Crippen molar-refractivity contribution in [3.8, 4) is 5.75 Å². The van der Waals surface area contributed by atoms with Gasteiger partial charge in [-0.2, -0.15) is 0 Å². The number of phenols is 1. The second kappa shape index (κ2) is 7.10. The van der Waals surface area contributed by atoms with E-state index in [1.807, 2.05) is 0 Å². The minimum absolute atomic E-state index is 0.0728. The van der Waals surface area contributed by atoms with Crippen molar-refractivity contribution >= 4 is 46.2 Å². The van der Waals surface area contributed by atoms with Crippen LogP contribution in [-0.4, -0.2) is 39.8 Å². The van der Waals surface area contributed by atoms with Gasteiger partial charge in [-0.25, -0.2) is 4.90 Å². The van der Waals surface area contributed by atoms with Gasteiger partial charge in [-0.15, -0.1) is 0 Å². The zero-order chi connectivity index (χ0) is 20.7. The van der Waals surface area contributed by atoms with E-state index in [0.29, 0.717) is 23.0 Å². The monoisotopic (exact) mass is 410 g/mol. The molecule has 8 nitrogen and oxygen atoms in total. The summed E-state index contributed by atoms with van der Waals surface area (Å²) in [6.45, 7) is -0.495. The van der Waals surface area contributed by atoms with E-state index < -0.39 is 35.5 Å². The van der Waals surface area contributed by atoms with E-state index in [1.54, 1.807) is 24.3 Å². The third-order valence-electron chi connectivity index (χ3n) is 4.59. The zero-order valence-corrected chi connectivity index (χ0v) is 15.6. The fraction of sp³-hybridized carbons (Fsp3) is 0.100. The average Bonchev–Trinajstić information content (AvgIpc) is 3.10. The van der Waals surface area contributed by atoms with Crippen LogP contribution in [0.15, 0.2) is 59.5 Å². The lowest BCUT2D eigenvalue weighted by molar-refractivity contribution is -0.136. The van der Waals surface area contributed by atoms with E-state index >= 15 is 0 Å². The second-order valence-corrected chi connectivity index (χ2v) is 7.41. The predicted molar refractivity (Wildman–Crippen MR) is 106 cm³/mol. The average molecular weight is 410 g/mol. The highest BCUT2D eigenvalue weighted by molar-refractivity contribution is 8.18. The Morgan fingerprint density at radius 1 is 1.10 bits per heavy atom. The van der Waals surface area contributed by atoms with Crippen LogP contribution in [-0.2, 0) is 14.4 Å². The lowest BCUT2D eigenvalue weighted by Crippen LogP contribution is -2.33. The van der Waals surface area contributed by atoms with Gasteiger partial charge in [0, 0.05) is 11.8 Å². The van der Waals surface area contributed by atoms with Crippen molar-refractivity contribution in [2.75, 3.05) is 16.3 Å². The highest BCUT2D eigenvalue weighted by Crippen LogP contribution is 2.42. The number of carbonyl (C=O) groups excluding carboxylic acids is 3. The molecule has 2 heterocycles. The molecule has 2 aromatic carbocycles. The summed E-state index contributed by atoms with van der Waals surface area (Å²) in [6.07, 6.45) is 1.40. The number of benzene rings is 2. The molecule has 0 aromatic heterocycles. The number of aromatic hydroxyl groups is 1. The zero-order valence-electron chi connectivity index (χ0n) is 14.8. The number of aliphatic carboxylic acids is 1. The van der Waals surface area contributed by atoms with Crippen LogP contribution >= 0.6 is 11.8 Å². The first kappa shape index (κ1) is 18.8. The molecule has 0 saturated carbocycles. The number of carbonyl (C=O) groups is 4. The summed E-state index contributed by atoms with van der Waals surface area (Å²) in [5, 5.41) is 18.2.